The van der Waals surface area contributed by atoms with Crippen LogP contribution in [-0.2, 0) is 6.42 Å². The average Bonchev–Trinajstić information content (AvgIpc) is 2.91. The summed E-state index contributed by atoms with van der Waals surface area (Å²) in [4.78, 5) is 13.9. The molecule has 18 heavy (non-hydrogen) atoms. The predicted octanol–water partition coefficient (Wildman–Crippen LogP) is 3.48. The van der Waals surface area contributed by atoms with Crippen molar-refractivity contribution in [1.82, 2.24) is 0 Å². The molecule has 1 aromatic heterocycles. The molecule has 2 heterocycles. The van der Waals surface area contributed by atoms with E-state index in [9.17, 15) is 9.18 Å². The van der Waals surface area contributed by atoms with E-state index >= 15 is 0 Å². The first-order valence-corrected chi connectivity index (χ1v) is 6.83. The molecule has 0 atom stereocenters. The van der Waals surface area contributed by atoms with Crippen LogP contribution in [0.3, 0.4) is 0 Å². The van der Waals surface area contributed by atoms with Gasteiger partial charge in [0.05, 0.1) is 11.3 Å². The van der Waals surface area contributed by atoms with Gasteiger partial charge in [-0.3, -0.25) is 4.79 Å². The molecule has 0 radical (unpaired) electrons. The number of carbonyl (C=O) groups is 1. The molecule has 1 amide bonds. The molecule has 2 aromatic rings. The van der Waals surface area contributed by atoms with Gasteiger partial charge < -0.3 is 4.90 Å². The first-order valence-electron chi connectivity index (χ1n) is 5.89. The van der Waals surface area contributed by atoms with Crippen molar-refractivity contribution in [3.63, 3.8) is 0 Å². The van der Waals surface area contributed by atoms with Crippen molar-refractivity contribution in [2.24, 2.45) is 0 Å². The van der Waals surface area contributed by atoms with Crippen molar-refractivity contribution in [2.75, 3.05) is 11.4 Å². The van der Waals surface area contributed by atoms with Crippen LogP contribution in [0.4, 0.5) is 10.1 Å². The fourth-order valence-corrected chi connectivity index (χ4v) is 2.98. The van der Waals surface area contributed by atoms with E-state index in [0.717, 1.165) is 18.4 Å². The lowest BCUT2D eigenvalue weighted by Crippen LogP contribution is -2.36. The molecule has 0 fully saturated rings. The van der Waals surface area contributed by atoms with Gasteiger partial charge in [0.1, 0.15) is 5.82 Å². The highest BCUT2D eigenvalue weighted by atomic mass is 32.1. The first kappa shape index (κ1) is 11.4. The number of halogens is 1. The Bertz CT molecular complexity index is 579. The molecule has 0 aliphatic carbocycles. The summed E-state index contributed by atoms with van der Waals surface area (Å²) in [5.74, 6) is -0.418. The summed E-state index contributed by atoms with van der Waals surface area (Å²) in [5, 5.41) is 3.66. The van der Waals surface area contributed by atoms with Crippen LogP contribution in [0.2, 0.25) is 0 Å². The molecule has 2 nitrogen and oxygen atoms in total. The van der Waals surface area contributed by atoms with E-state index < -0.39 is 0 Å². The van der Waals surface area contributed by atoms with Gasteiger partial charge >= 0.3 is 0 Å². The number of nitrogens with zero attached hydrogens (tertiary/aromatic N) is 1. The number of hydrogen-bond donors (Lipinski definition) is 0. The Hall–Kier alpha value is -1.68. The molecule has 1 aliphatic heterocycles. The van der Waals surface area contributed by atoms with Gasteiger partial charge in [0.15, 0.2) is 0 Å². The standard InChI is InChI=1S/C14H12FNOS/c15-12-5-1-3-10-4-2-7-16(13(10)12)14(17)11-6-8-18-9-11/h1,3,5-6,8-9H,2,4,7H2. The maximum atomic E-state index is 13.9. The highest BCUT2D eigenvalue weighted by molar-refractivity contribution is 7.08. The fraction of sp³-hybridized carbons (Fsp3) is 0.214. The number of rotatable bonds is 1. The summed E-state index contributed by atoms with van der Waals surface area (Å²) in [6.45, 7) is 0.586. The zero-order chi connectivity index (χ0) is 12.5. The highest BCUT2D eigenvalue weighted by Crippen LogP contribution is 2.31. The molecule has 0 unspecified atom stereocenters. The van der Waals surface area contributed by atoms with Gasteiger partial charge in [0.25, 0.3) is 5.91 Å². The number of hydrogen-bond acceptors (Lipinski definition) is 2. The number of para-hydroxylation sites is 1. The number of fused-ring (bicyclic) bond motifs is 1. The normalized spacial score (nSPS) is 14.4. The van der Waals surface area contributed by atoms with Gasteiger partial charge in [0, 0.05) is 11.9 Å². The zero-order valence-electron chi connectivity index (χ0n) is 9.73. The lowest BCUT2D eigenvalue weighted by Gasteiger charge is -2.29. The molecule has 0 saturated heterocycles. The van der Waals surface area contributed by atoms with Crippen molar-refractivity contribution < 1.29 is 9.18 Å². The topological polar surface area (TPSA) is 20.3 Å². The van der Waals surface area contributed by atoms with E-state index in [1.54, 1.807) is 22.4 Å². The van der Waals surface area contributed by atoms with Gasteiger partial charge in [0.2, 0.25) is 0 Å². The maximum absolute atomic E-state index is 13.9. The Morgan fingerprint density at radius 1 is 1.33 bits per heavy atom. The predicted molar refractivity (Wildman–Crippen MR) is 70.7 cm³/mol. The number of thiophene rings is 1. The van der Waals surface area contributed by atoms with Gasteiger partial charge in [-0.25, -0.2) is 4.39 Å². The van der Waals surface area contributed by atoms with Crippen LogP contribution < -0.4 is 4.90 Å². The van der Waals surface area contributed by atoms with Crippen LogP contribution in [0.1, 0.15) is 22.3 Å². The molecule has 1 aromatic carbocycles. The smallest absolute Gasteiger partial charge is 0.259 e. The minimum atomic E-state index is -0.309. The largest absolute Gasteiger partial charge is 0.305 e. The van der Waals surface area contributed by atoms with Crippen LogP contribution in [0.25, 0.3) is 0 Å². The first-order chi connectivity index (χ1) is 8.77. The number of amides is 1. The minimum absolute atomic E-state index is 0.109. The van der Waals surface area contributed by atoms with Gasteiger partial charge in [-0.05, 0) is 35.9 Å². The molecule has 0 N–H and O–H groups in total. The lowest BCUT2D eigenvalue weighted by molar-refractivity contribution is 0.0984. The maximum Gasteiger partial charge on any atom is 0.259 e. The second-order valence-corrected chi connectivity index (χ2v) is 5.10. The number of benzene rings is 1. The number of carbonyl (C=O) groups excluding carboxylic acids is 1. The molecule has 3 rings (SSSR count). The molecule has 4 heteroatoms. The summed E-state index contributed by atoms with van der Waals surface area (Å²) >= 11 is 1.48. The Morgan fingerprint density at radius 3 is 3.00 bits per heavy atom. The quantitative estimate of drug-likeness (QED) is 0.769. The third-order valence-electron chi connectivity index (χ3n) is 3.18. The van der Waals surface area contributed by atoms with Crippen molar-refractivity contribution >= 4 is 22.9 Å². The molecule has 1 aliphatic rings. The highest BCUT2D eigenvalue weighted by Gasteiger charge is 2.26. The van der Waals surface area contributed by atoms with Gasteiger partial charge in [-0.1, -0.05) is 12.1 Å². The monoisotopic (exact) mass is 261 g/mol. The summed E-state index contributed by atoms with van der Waals surface area (Å²) in [5.41, 5.74) is 2.01. The van der Waals surface area contributed by atoms with Gasteiger partial charge in [-0.2, -0.15) is 11.3 Å². The second-order valence-electron chi connectivity index (χ2n) is 4.32. The van der Waals surface area contributed by atoms with E-state index in [0.29, 0.717) is 17.8 Å². The summed E-state index contributed by atoms with van der Waals surface area (Å²) in [6, 6.07) is 6.79. The van der Waals surface area contributed by atoms with E-state index in [1.165, 1.54) is 17.4 Å². The van der Waals surface area contributed by atoms with E-state index in [-0.39, 0.29) is 11.7 Å². The minimum Gasteiger partial charge on any atom is -0.305 e. The van der Waals surface area contributed by atoms with Crippen LogP contribution >= 0.6 is 11.3 Å². The van der Waals surface area contributed by atoms with E-state index in [1.807, 2.05) is 11.4 Å². The molecular weight excluding hydrogens is 249 g/mol. The van der Waals surface area contributed by atoms with E-state index in [2.05, 4.69) is 0 Å². The van der Waals surface area contributed by atoms with Crippen molar-refractivity contribution in [3.05, 3.63) is 52.0 Å². The van der Waals surface area contributed by atoms with Crippen molar-refractivity contribution in [1.29, 1.82) is 0 Å². The molecule has 0 saturated carbocycles. The van der Waals surface area contributed by atoms with Crippen molar-refractivity contribution in [2.45, 2.75) is 12.8 Å². The van der Waals surface area contributed by atoms with Crippen LogP contribution in [0.5, 0.6) is 0 Å². The van der Waals surface area contributed by atoms with Crippen LogP contribution in [-0.4, -0.2) is 12.5 Å². The van der Waals surface area contributed by atoms with Crippen LogP contribution in [0.15, 0.2) is 35.0 Å². The molecule has 0 bridgehead atoms. The summed E-state index contributed by atoms with van der Waals surface area (Å²) < 4.78 is 13.9. The Labute approximate surface area is 109 Å². The molecule has 92 valence electrons. The average molecular weight is 261 g/mol. The van der Waals surface area contributed by atoms with Crippen LogP contribution in [0, 0.1) is 5.82 Å². The number of anilines is 1. The number of aryl methyl sites for hydroxylation is 1. The molecular formula is C14H12FNOS. The third-order valence-corrected chi connectivity index (χ3v) is 3.86. The third kappa shape index (κ3) is 1.82. The van der Waals surface area contributed by atoms with E-state index in [4.69, 9.17) is 0 Å². The Morgan fingerprint density at radius 2 is 2.22 bits per heavy atom. The van der Waals surface area contributed by atoms with Crippen molar-refractivity contribution in [3.8, 4) is 0 Å². The Balaban J connectivity index is 2.04. The second kappa shape index (κ2) is 4.53. The molecule has 0 spiro atoms. The summed E-state index contributed by atoms with van der Waals surface area (Å²) in [6.07, 6.45) is 1.72. The summed E-state index contributed by atoms with van der Waals surface area (Å²) in [7, 11) is 0. The van der Waals surface area contributed by atoms with Gasteiger partial charge in [-0.15, -0.1) is 0 Å². The lowest BCUT2D eigenvalue weighted by atomic mass is 10.0. The Kier molecular flexibility index (Phi) is 2.88. The fourth-order valence-electron chi connectivity index (χ4n) is 2.35. The SMILES string of the molecule is O=C(c1ccsc1)N1CCCc2cccc(F)c21. The zero-order valence-corrected chi connectivity index (χ0v) is 10.5.